The Morgan fingerprint density at radius 2 is 1.97 bits per heavy atom. The third-order valence-electron chi connectivity index (χ3n) is 5.47. The molecule has 1 fully saturated rings. The molecule has 31 heavy (non-hydrogen) atoms. The number of rotatable bonds is 4. The van der Waals surface area contributed by atoms with Crippen LogP contribution in [-0.2, 0) is 0 Å². The second-order valence-corrected chi connectivity index (χ2v) is 7.90. The second kappa shape index (κ2) is 8.05. The van der Waals surface area contributed by atoms with E-state index in [0.717, 1.165) is 31.4 Å². The minimum absolute atomic E-state index is 0.0744. The summed E-state index contributed by atoms with van der Waals surface area (Å²) in [5.41, 5.74) is 8.17. The van der Waals surface area contributed by atoms with Crippen LogP contribution in [0.5, 0.6) is 11.6 Å². The fourth-order valence-electron chi connectivity index (χ4n) is 4.04. The smallest absolute Gasteiger partial charge is 0.334 e. The van der Waals surface area contributed by atoms with E-state index in [2.05, 4.69) is 15.3 Å². The lowest BCUT2D eigenvalue weighted by Gasteiger charge is -2.23. The molecule has 0 spiro atoms. The van der Waals surface area contributed by atoms with Crippen molar-refractivity contribution in [3.05, 3.63) is 70.4 Å². The van der Waals surface area contributed by atoms with E-state index in [0.29, 0.717) is 33.7 Å². The first kappa shape index (κ1) is 19.6. The van der Waals surface area contributed by atoms with Crippen LogP contribution >= 0.6 is 11.6 Å². The molecule has 1 saturated heterocycles. The van der Waals surface area contributed by atoms with Gasteiger partial charge in [0.2, 0.25) is 5.88 Å². The summed E-state index contributed by atoms with van der Waals surface area (Å²) in [5.74, 6) is 1.35. The van der Waals surface area contributed by atoms with Crippen molar-refractivity contribution in [1.82, 2.24) is 24.4 Å². The minimum Gasteiger partial charge on any atom is -0.439 e. The Morgan fingerprint density at radius 3 is 2.68 bits per heavy atom. The number of piperidine rings is 1. The SMILES string of the molecule is Nc1nccc2c1n(-c1ccc(Oc3ccc(Cl)cn3)cc1)c(=O)n2[C@@H]1CCCNC1. The molecular weight excluding hydrogens is 416 g/mol. The molecule has 4 heterocycles. The quantitative estimate of drug-likeness (QED) is 0.507. The Balaban J connectivity index is 1.56. The van der Waals surface area contributed by atoms with Crippen molar-refractivity contribution in [2.24, 2.45) is 0 Å². The Morgan fingerprint density at radius 1 is 1.13 bits per heavy atom. The molecule has 3 N–H and O–H groups in total. The molecule has 1 aliphatic heterocycles. The van der Waals surface area contributed by atoms with Crippen molar-refractivity contribution in [2.45, 2.75) is 18.9 Å². The van der Waals surface area contributed by atoms with Crippen molar-refractivity contribution >= 4 is 28.5 Å². The zero-order chi connectivity index (χ0) is 21.4. The number of ether oxygens (including phenoxy) is 1. The normalized spacial score (nSPS) is 16.5. The first-order valence-corrected chi connectivity index (χ1v) is 10.5. The van der Waals surface area contributed by atoms with Gasteiger partial charge in [0.05, 0.1) is 22.3 Å². The number of pyridine rings is 2. The highest BCUT2D eigenvalue weighted by Crippen LogP contribution is 2.28. The van der Waals surface area contributed by atoms with E-state index in [9.17, 15) is 4.79 Å². The van der Waals surface area contributed by atoms with Gasteiger partial charge in [-0.15, -0.1) is 0 Å². The maximum absolute atomic E-state index is 13.5. The number of nitrogens with zero attached hydrogens (tertiary/aromatic N) is 4. The monoisotopic (exact) mass is 436 g/mol. The lowest BCUT2D eigenvalue weighted by atomic mass is 10.1. The summed E-state index contributed by atoms with van der Waals surface area (Å²) < 4.78 is 9.21. The Labute approximate surface area is 183 Å². The topological polar surface area (TPSA) is 100.0 Å². The molecule has 9 heteroatoms. The summed E-state index contributed by atoms with van der Waals surface area (Å²) >= 11 is 5.86. The van der Waals surface area contributed by atoms with Crippen LogP contribution in [-0.4, -0.2) is 32.2 Å². The van der Waals surface area contributed by atoms with Gasteiger partial charge in [-0.3, -0.25) is 9.13 Å². The van der Waals surface area contributed by atoms with Crippen LogP contribution in [0.2, 0.25) is 5.02 Å². The average Bonchev–Trinajstić information content (AvgIpc) is 3.09. The molecule has 1 aliphatic rings. The van der Waals surface area contributed by atoms with E-state index in [1.165, 1.54) is 6.20 Å². The predicted molar refractivity (Wildman–Crippen MR) is 120 cm³/mol. The number of nitrogens with two attached hydrogens (primary N) is 1. The van der Waals surface area contributed by atoms with Crippen molar-refractivity contribution in [3.8, 4) is 17.3 Å². The van der Waals surface area contributed by atoms with Crippen molar-refractivity contribution in [2.75, 3.05) is 18.8 Å². The van der Waals surface area contributed by atoms with E-state index in [-0.39, 0.29) is 11.7 Å². The Hall–Kier alpha value is -3.36. The van der Waals surface area contributed by atoms with Crippen LogP contribution in [0.1, 0.15) is 18.9 Å². The number of benzene rings is 1. The van der Waals surface area contributed by atoms with Gasteiger partial charge in [-0.2, -0.15) is 0 Å². The molecule has 0 bridgehead atoms. The van der Waals surface area contributed by atoms with E-state index < -0.39 is 0 Å². The first-order chi connectivity index (χ1) is 15.1. The molecule has 4 aromatic rings. The molecule has 1 aromatic carbocycles. The van der Waals surface area contributed by atoms with Gasteiger partial charge in [-0.05, 0) is 55.8 Å². The van der Waals surface area contributed by atoms with Crippen molar-refractivity contribution < 1.29 is 4.74 Å². The molecule has 0 unspecified atom stereocenters. The van der Waals surface area contributed by atoms with E-state index in [1.807, 2.05) is 22.8 Å². The number of nitrogen functional groups attached to an aromatic ring is 1. The Bertz CT molecular complexity index is 1270. The van der Waals surface area contributed by atoms with Gasteiger partial charge in [0, 0.05) is 25.0 Å². The van der Waals surface area contributed by atoms with Crippen LogP contribution in [0.15, 0.2) is 59.7 Å². The number of hydrogen-bond acceptors (Lipinski definition) is 6. The Kier molecular flexibility index (Phi) is 5.09. The molecule has 5 rings (SSSR count). The molecule has 0 aliphatic carbocycles. The largest absolute Gasteiger partial charge is 0.439 e. The fourth-order valence-corrected chi connectivity index (χ4v) is 4.15. The molecule has 158 valence electrons. The first-order valence-electron chi connectivity index (χ1n) is 10.1. The molecule has 1 atom stereocenters. The van der Waals surface area contributed by atoms with Gasteiger partial charge >= 0.3 is 5.69 Å². The maximum atomic E-state index is 13.5. The number of anilines is 1. The van der Waals surface area contributed by atoms with Crippen LogP contribution < -0.4 is 21.5 Å². The fraction of sp³-hybridized carbons (Fsp3) is 0.227. The van der Waals surface area contributed by atoms with Crippen molar-refractivity contribution in [1.29, 1.82) is 0 Å². The summed E-state index contributed by atoms with van der Waals surface area (Å²) in [5, 5.41) is 3.92. The molecule has 3 aromatic heterocycles. The highest BCUT2D eigenvalue weighted by atomic mass is 35.5. The summed E-state index contributed by atoms with van der Waals surface area (Å²) in [6.07, 6.45) is 5.13. The highest BCUT2D eigenvalue weighted by molar-refractivity contribution is 6.30. The number of hydrogen-bond donors (Lipinski definition) is 2. The molecule has 0 saturated carbocycles. The van der Waals surface area contributed by atoms with Gasteiger partial charge < -0.3 is 15.8 Å². The van der Waals surface area contributed by atoms with E-state index in [4.69, 9.17) is 22.1 Å². The standard InChI is InChI=1S/C22H21ClN6O2/c23-14-3-8-19(27-12-14)31-17-6-4-15(5-7-17)29-20-18(9-11-26-21(20)24)28(22(29)30)16-2-1-10-25-13-16/h3-9,11-12,16,25H,1-2,10,13H2,(H2,24,26)/t16-/m1/s1. The van der Waals surface area contributed by atoms with Gasteiger partial charge in [0.25, 0.3) is 0 Å². The molecule has 0 amide bonds. The van der Waals surface area contributed by atoms with Gasteiger partial charge in [0.1, 0.15) is 17.1 Å². The third kappa shape index (κ3) is 3.64. The van der Waals surface area contributed by atoms with Gasteiger partial charge in [0.15, 0.2) is 0 Å². The highest BCUT2D eigenvalue weighted by Gasteiger charge is 2.24. The van der Waals surface area contributed by atoms with Gasteiger partial charge in [-0.1, -0.05) is 11.6 Å². The van der Waals surface area contributed by atoms with Crippen LogP contribution in [0.25, 0.3) is 16.7 Å². The minimum atomic E-state index is -0.128. The number of aromatic nitrogens is 4. The van der Waals surface area contributed by atoms with Gasteiger partial charge in [-0.25, -0.2) is 14.8 Å². The molecular formula is C22H21ClN6O2. The van der Waals surface area contributed by atoms with Crippen LogP contribution in [0, 0.1) is 0 Å². The zero-order valence-corrected chi connectivity index (χ0v) is 17.4. The maximum Gasteiger partial charge on any atom is 0.334 e. The van der Waals surface area contributed by atoms with Crippen LogP contribution in [0.4, 0.5) is 5.82 Å². The predicted octanol–water partition coefficient (Wildman–Crippen LogP) is 3.53. The number of imidazole rings is 1. The molecule has 8 nitrogen and oxygen atoms in total. The summed E-state index contributed by atoms with van der Waals surface area (Å²) in [6, 6.07) is 12.5. The average molecular weight is 437 g/mol. The van der Waals surface area contributed by atoms with Crippen LogP contribution in [0.3, 0.4) is 0 Å². The van der Waals surface area contributed by atoms with E-state index in [1.54, 1.807) is 35.0 Å². The third-order valence-corrected chi connectivity index (χ3v) is 5.69. The molecule has 0 radical (unpaired) electrons. The second-order valence-electron chi connectivity index (χ2n) is 7.46. The number of nitrogens with one attached hydrogen (secondary N) is 1. The lowest BCUT2D eigenvalue weighted by Crippen LogP contribution is -2.36. The number of fused-ring (bicyclic) bond motifs is 1. The lowest BCUT2D eigenvalue weighted by molar-refractivity contribution is 0.370. The van der Waals surface area contributed by atoms with E-state index >= 15 is 0 Å². The number of halogens is 1. The summed E-state index contributed by atoms with van der Waals surface area (Å²) in [4.78, 5) is 21.9. The zero-order valence-electron chi connectivity index (χ0n) is 16.7. The summed E-state index contributed by atoms with van der Waals surface area (Å²) in [7, 11) is 0. The van der Waals surface area contributed by atoms with Crippen molar-refractivity contribution in [3.63, 3.8) is 0 Å². The summed E-state index contributed by atoms with van der Waals surface area (Å²) in [6.45, 7) is 1.72.